The van der Waals surface area contributed by atoms with E-state index >= 15 is 0 Å². The third-order valence-corrected chi connectivity index (χ3v) is 1.23. The van der Waals surface area contributed by atoms with Crippen molar-refractivity contribution in [3.05, 3.63) is 11.6 Å². The van der Waals surface area contributed by atoms with Crippen LogP contribution in [0.1, 0.15) is 0 Å². The summed E-state index contributed by atoms with van der Waals surface area (Å²) in [5, 5.41) is -0.375. The summed E-state index contributed by atoms with van der Waals surface area (Å²) in [4.78, 5) is 9.98. The van der Waals surface area contributed by atoms with E-state index in [-0.39, 0.29) is 5.24 Å². The Labute approximate surface area is 57.1 Å². The predicted octanol–water partition coefficient (Wildman–Crippen LogP) is 1.55. The zero-order valence-electron chi connectivity index (χ0n) is 4.13. The number of amides is 1. The molecular weight excluding hydrogens is 146 g/mol. The highest BCUT2D eigenvalue weighted by molar-refractivity contribution is 8.13. The number of carbonyl (C=O) groups excluding carboxylic acids is 1. The average molecular weight is 152 g/mol. The highest BCUT2D eigenvalue weighted by atomic mass is 35.5. The lowest BCUT2D eigenvalue weighted by atomic mass is 10.8. The van der Waals surface area contributed by atoms with Crippen molar-refractivity contribution < 1.29 is 4.79 Å². The van der Waals surface area contributed by atoms with Gasteiger partial charge in [0, 0.05) is 11.3 Å². The molecule has 0 unspecified atom stereocenters. The number of nitrogens with two attached hydrogens (primary N) is 1. The van der Waals surface area contributed by atoms with Crippen molar-refractivity contribution in [2.75, 3.05) is 5.75 Å². The Balaban J connectivity index is 3.05. The molecular formula is C4H6ClNOS. The zero-order valence-corrected chi connectivity index (χ0v) is 5.71. The van der Waals surface area contributed by atoms with Gasteiger partial charge in [0.25, 0.3) is 5.24 Å². The lowest BCUT2D eigenvalue weighted by Gasteiger charge is -1.84. The van der Waals surface area contributed by atoms with Gasteiger partial charge in [-0.25, -0.2) is 0 Å². The zero-order chi connectivity index (χ0) is 6.41. The summed E-state index contributed by atoms with van der Waals surface area (Å²) >= 11 is 6.16. The molecule has 0 saturated carbocycles. The molecule has 0 aromatic heterocycles. The van der Waals surface area contributed by atoms with Crippen LogP contribution < -0.4 is 5.73 Å². The van der Waals surface area contributed by atoms with Crippen molar-refractivity contribution >= 4 is 28.6 Å². The van der Waals surface area contributed by atoms with Gasteiger partial charge in [-0.15, -0.1) is 0 Å². The van der Waals surface area contributed by atoms with Gasteiger partial charge < -0.3 is 5.73 Å². The number of thioether (sulfide) groups is 1. The Bertz CT molecular complexity index is 104. The third-order valence-electron chi connectivity index (χ3n) is 0.411. The highest BCUT2D eigenvalue weighted by Gasteiger charge is 1.87. The second-order valence-corrected chi connectivity index (χ2v) is 2.27. The first kappa shape index (κ1) is 7.85. The Morgan fingerprint density at radius 3 is 2.88 bits per heavy atom. The van der Waals surface area contributed by atoms with E-state index in [1.807, 2.05) is 0 Å². The topological polar surface area (TPSA) is 43.1 Å². The molecule has 2 N–H and O–H groups in total. The normalized spacial score (nSPS) is 10.1. The van der Waals surface area contributed by atoms with E-state index in [9.17, 15) is 4.79 Å². The molecule has 0 aromatic carbocycles. The van der Waals surface area contributed by atoms with E-state index in [0.717, 1.165) is 11.8 Å². The Morgan fingerprint density at radius 2 is 2.50 bits per heavy atom. The number of carbonyl (C=O) groups is 1. The summed E-state index contributed by atoms with van der Waals surface area (Å²) in [5.41, 5.74) is 6.14. The molecule has 0 bridgehead atoms. The largest absolute Gasteiger partial charge is 0.361 e. The molecule has 0 fully saturated rings. The predicted molar refractivity (Wildman–Crippen MR) is 37.0 cm³/mol. The van der Waals surface area contributed by atoms with Crippen LogP contribution in [0.3, 0.4) is 0 Å². The quantitative estimate of drug-likeness (QED) is 0.651. The fourth-order valence-electron chi connectivity index (χ4n) is 0.167. The van der Waals surface area contributed by atoms with Crippen LogP contribution in [-0.2, 0) is 0 Å². The van der Waals surface area contributed by atoms with Crippen LogP contribution in [-0.4, -0.2) is 11.0 Å². The van der Waals surface area contributed by atoms with Gasteiger partial charge in [0.2, 0.25) is 0 Å². The summed E-state index contributed by atoms with van der Waals surface area (Å²) in [5.74, 6) is 0.554. The minimum atomic E-state index is -0.375. The van der Waals surface area contributed by atoms with E-state index in [1.165, 1.54) is 5.54 Å². The van der Waals surface area contributed by atoms with Crippen molar-refractivity contribution in [2.45, 2.75) is 0 Å². The van der Waals surface area contributed by atoms with Crippen LogP contribution in [0.25, 0.3) is 0 Å². The van der Waals surface area contributed by atoms with Gasteiger partial charge in [0.05, 0.1) is 0 Å². The molecule has 0 aliphatic carbocycles. The van der Waals surface area contributed by atoms with Gasteiger partial charge in [0.15, 0.2) is 0 Å². The Kier molecular flexibility index (Phi) is 4.90. The molecule has 0 aromatic rings. The smallest absolute Gasteiger partial charge is 0.276 e. The van der Waals surface area contributed by atoms with Gasteiger partial charge >= 0.3 is 0 Å². The van der Waals surface area contributed by atoms with Crippen LogP contribution in [0.2, 0.25) is 0 Å². The monoisotopic (exact) mass is 151 g/mol. The van der Waals surface area contributed by atoms with Crippen LogP contribution in [0.4, 0.5) is 4.79 Å². The number of rotatable bonds is 2. The molecule has 0 radical (unpaired) electrons. The standard InChI is InChI=1S/C4H6ClNOS/c5-2-1-3-8-4(6)7/h1-2H,3H2,(H2,6,7). The van der Waals surface area contributed by atoms with E-state index < -0.39 is 0 Å². The van der Waals surface area contributed by atoms with E-state index in [4.69, 9.17) is 17.3 Å². The Morgan fingerprint density at radius 1 is 1.88 bits per heavy atom. The van der Waals surface area contributed by atoms with Gasteiger partial charge in [-0.2, -0.15) is 0 Å². The van der Waals surface area contributed by atoms with Crippen molar-refractivity contribution in [1.82, 2.24) is 0 Å². The van der Waals surface area contributed by atoms with Crippen LogP contribution in [0, 0.1) is 0 Å². The maximum atomic E-state index is 9.98. The number of hydrogen-bond donors (Lipinski definition) is 1. The first-order valence-electron chi connectivity index (χ1n) is 1.95. The summed E-state index contributed by atoms with van der Waals surface area (Å²) < 4.78 is 0. The second kappa shape index (κ2) is 5.00. The molecule has 8 heavy (non-hydrogen) atoms. The molecule has 46 valence electrons. The lowest BCUT2D eigenvalue weighted by Crippen LogP contribution is -2.01. The second-order valence-electron chi connectivity index (χ2n) is 0.992. The van der Waals surface area contributed by atoms with Crippen molar-refractivity contribution in [1.29, 1.82) is 0 Å². The van der Waals surface area contributed by atoms with Crippen LogP contribution >= 0.6 is 23.4 Å². The number of primary amides is 1. The molecule has 0 aliphatic heterocycles. The van der Waals surface area contributed by atoms with Crippen LogP contribution in [0.5, 0.6) is 0 Å². The molecule has 4 heteroatoms. The first-order valence-corrected chi connectivity index (χ1v) is 3.37. The van der Waals surface area contributed by atoms with Crippen molar-refractivity contribution in [2.24, 2.45) is 5.73 Å². The first-order chi connectivity index (χ1) is 3.77. The SMILES string of the molecule is NC(=O)SCC=CCl. The molecule has 0 spiro atoms. The van der Waals surface area contributed by atoms with E-state index in [1.54, 1.807) is 6.08 Å². The third kappa shape index (κ3) is 5.85. The van der Waals surface area contributed by atoms with Crippen LogP contribution in [0.15, 0.2) is 11.6 Å². The Hall–Kier alpha value is -0.150. The van der Waals surface area contributed by atoms with E-state index in [2.05, 4.69) is 0 Å². The molecule has 1 amide bonds. The van der Waals surface area contributed by atoms with Gasteiger partial charge in [-0.3, -0.25) is 4.79 Å². The minimum absolute atomic E-state index is 0.375. The molecule has 0 atom stereocenters. The number of hydrogen-bond acceptors (Lipinski definition) is 2. The molecule has 0 saturated heterocycles. The molecule has 2 nitrogen and oxygen atoms in total. The average Bonchev–Trinajstić information content (AvgIpc) is 1.66. The van der Waals surface area contributed by atoms with Gasteiger partial charge in [0.1, 0.15) is 0 Å². The summed E-state index contributed by atoms with van der Waals surface area (Å²) in [6, 6.07) is 0. The maximum absolute atomic E-state index is 9.98. The number of halogens is 1. The summed E-state index contributed by atoms with van der Waals surface area (Å²) in [7, 11) is 0. The fraction of sp³-hybridized carbons (Fsp3) is 0.250. The lowest BCUT2D eigenvalue weighted by molar-refractivity contribution is 0.267. The van der Waals surface area contributed by atoms with Gasteiger partial charge in [-0.1, -0.05) is 29.4 Å². The molecule has 0 rings (SSSR count). The van der Waals surface area contributed by atoms with E-state index in [0.29, 0.717) is 5.75 Å². The fourth-order valence-corrected chi connectivity index (χ4v) is 0.718. The van der Waals surface area contributed by atoms with Crippen molar-refractivity contribution in [3.63, 3.8) is 0 Å². The molecule has 0 aliphatic rings. The molecule has 0 heterocycles. The van der Waals surface area contributed by atoms with Crippen molar-refractivity contribution in [3.8, 4) is 0 Å². The summed E-state index contributed by atoms with van der Waals surface area (Å²) in [6.07, 6.45) is 1.65. The minimum Gasteiger partial charge on any atom is -0.361 e. The maximum Gasteiger partial charge on any atom is 0.276 e. The highest BCUT2D eigenvalue weighted by Crippen LogP contribution is 1.98. The van der Waals surface area contributed by atoms with Gasteiger partial charge in [-0.05, 0) is 0 Å². The summed E-state index contributed by atoms with van der Waals surface area (Å²) in [6.45, 7) is 0.